The van der Waals surface area contributed by atoms with Crippen LogP contribution in [-0.4, -0.2) is 26.2 Å². The summed E-state index contributed by atoms with van der Waals surface area (Å²) in [6.07, 6.45) is 1.52. The van der Waals surface area contributed by atoms with Crippen molar-refractivity contribution in [2.75, 3.05) is 0 Å². The number of hydrogen-bond donors (Lipinski definition) is 1. The monoisotopic (exact) mass is 252 g/mol. The van der Waals surface area contributed by atoms with Gasteiger partial charge in [0, 0.05) is 5.39 Å². The zero-order chi connectivity index (χ0) is 12.4. The average Bonchev–Trinajstić information content (AvgIpc) is 2.33. The van der Waals surface area contributed by atoms with Crippen LogP contribution in [0.25, 0.3) is 10.8 Å². The van der Waals surface area contributed by atoms with Gasteiger partial charge < -0.3 is 5.11 Å². The van der Waals surface area contributed by atoms with Gasteiger partial charge in [-0.1, -0.05) is 18.2 Å². The van der Waals surface area contributed by atoms with Crippen molar-refractivity contribution in [3.05, 3.63) is 40.8 Å². The number of benzene rings is 1. The molecule has 0 fully saturated rings. The van der Waals surface area contributed by atoms with E-state index >= 15 is 0 Å². The SMILES string of the molecule is O=C(O)C(Cl)Cn1ncc2ccccc2c1=O. The van der Waals surface area contributed by atoms with E-state index in [1.807, 2.05) is 0 Å². The van der Waals surface area contributed by atoms with E-state index in [-0.39, 0.29) is 12.1 Å². The number of nitrogens with zero attached hydrogens (tertiary/aromatic N) is 2. The fourth-order valence-corrected chi connectivity index (χ4v) is 1.62. The molecule has 6 heteroatoms. The third-order valence-electron chi connectivity index (χ3n) is 2.36. The quantitative estimate of drug-likeness (QED) is 0.830. The molecule has 0 spiro atoms. The van der Waals surface area contributed by atoms with E-state index in [2.05, 4.69) is 5.10 Å². The summed E-state index contributed by atoms with van der Waals surface area (Å²) in [6.45, 7) is -0.152. The molecular formula is C11H9ClN2O3. The molecule has 0 bridgehead atoms. The van der Waals surface area contributed by atoms with Crippen molar-refractivity contribution in [2.24, 2.45) is 0 Å². The van der Waals surface area contributed by atoms with Crippen molar-refractivity contribution in [3.63, 3.8) is 0 Å². The topological polar surface area (TPSA) is 72.2 Å². The Bertz CT molecular complexity index is 623. The summed E-state index contributed by atoms with van der Waals surface area (Å²) in [6, 6.07) is 6.97. The van der Waals surface area contributed by atoms with E-state index in [4.69, 9.17) is 16.7 Å². The number of carbonyl (C=O) groups is 1. The minimum absolute atomic E-state index is 0.152. The minimum atomic E-state index is -1.17. The number of rotatable bonds is 3. The van der Waals surface area contributed by atoms with Gasteiger partial charge in [-0.3, -0.25) is 9.59 Å². The number of aliphatic carboxylic acids is 1. The second kappa shape index (κ2) is 4.55. The van der Waals surface area contributed by atoms with Gasteiger partial charge in [-0.25, -0.2) is 4.68 Å². The number of carboxylic acids is 1. The number of aromatic nitrogens is 2. The van der Waals surface area contributed by atoms with Gasteiger partial charge in [-0.05, 0) is 6.07 Å². The molecule has 1 unspecified atom stereocenters. The summed E-state index contributed by atoms with van der Waals surface area (Å²) >= 11 is 5.57. The molecule has 0 aliphatic heterocycles. The van der Waals surface area contributed by atoms with Crippen molar-refractivity contribution in [1.82, 2.24) is 9.78 Å². The Labute approximate surface area is 101 Å². The Kier molecular flexibility index (Phi) is 3.10. The van der Waals surface area contributed by atoms with E-state index in [0.717, 1.165) is 10.1 Å². The lowest BCUT2D eigenvalue weighted by Gasteiger charge is -2.07. The Morgan fingerprint density at radius 1 is 1.47 bits per heavy atom. The highest BCUT2D eigenvalue weighted by Gasteiger charge is 2.16. The Morgan fingerprint density at radius 2 is 2.18 bits per heavy atom. The highest BCUT2D eigenvalue weighted by atomic mass is 35.5. The lowest BCUT2D eigenvalue weighted by molar-refractivity contribution is -0.136. The van der Waals surface area contributed by atoms with E-state index in [1.165, 1.54) is 6.20 Å². The molecule has 88 valence electrons. The molecule has 1 N–H and O–H groups in total. The van der Waals surface area contributed by atoms with Crippen LogP contribution in [0.2, 0.25) is 0 Å². The Morgan fingerprint density at radius 3 is 2.88 bits per heavy atom. The number of hydrogen-bond acceptors (Lipinski definition) is 3. The van der Waals surface area contributed by atoms with Crippen molar-refractivity contribution in [1.29, 1.82) is 0 Å². The Balaban J connectivity index is 2.46. The number of halogens is 1. The zero-order valence-electron chi connectivity index (χ0n) is 8.71. The molecule has 0 radical (unpaired) electrons. The molecule has 0 saturated heterocycles. The van der Waals surface area contributed by atoms with Crippen LogP contribution in [-0.2, 0) is 11.3 Å². The van der Waals surface area contributed by atoms with Gasteiger partial charge in [0.05, 0.1) is 18.1 Å². The zero-order valence-corrected chi connectivity index (χ0v) is 9.46. The molecule has 1 aromatic heterocycles. The summed E-state index contributed by atoms with van der Waals surface area (Å²) < 4.78 is 1.06. The maximum absolute atomic E-state index is 11.9. The van der Waals surface area contributed by atoms with Crippen LogP contribution in [0.3, 0.4) is 0 Å². The van der Waals surface area contributed by atoms with Crippen LogP contribution < -0.4 is 5.56 Å². The maximum atomic E-state index is 11.9. The molecule has 1 atom stereocenters. The first-order valence-electron chi connectivity index (χ1n) is 4.91. The molecular weight excluding hydrogens is 244 g/mol. The van der Waals surface area contributed by atoms with Crippen LogP contribution in [0, 0.1) is 0 Å². The number of fused-ring (bicyclic) bond motifs is 1. The summed E-state index contributed by atoms with van der Waals surface area (Å²) in [5.74, 6) is -1.17. The van der Waals surface area contributed by atoms with Gasteiger partial charge >= 0.3 is 5.97 Å². The second-order valence-corrected chi connectivity index (χ2v) is 4.05. The van der Waals surface area contributed by atoms with Crippen LogP contribution in [0.4, 0.5) is 0 Å². The lowest BCUT2D eigenvalue weighted by atomic mass is 10.2. The molecule has 17 heavy (non-hydrogen) atoms. The smallest absolute Gasteiger partial charge is 0.323 e. The van der Waals surface area contributed by atoms with Crippen molar-refractivity contribution >= 4 is 28.3 Å². The highest BCUT2D eigenvalue weighted by Crippen LogP contribution is 2.07. The maximum Gasteiger partial charge on any atom is 0.323 e. The van der Waals surface area contributed by atoms with Gasteiger partial charge in [0.1, 0.15) is 0 Å². The molecule has 1 heterocycles. The van der Waals surface area contributed by atoms with E-state index < -0.39 is 11.3 Å². The number of carboxylic acid groups (broad SMARTS) is 1. The molecule has 2 rings (SSSR count). The van der Waals surface area contributed by atoms with Crippen molar-refractivity contribution < 1.29 is 9.90 Å². The average molecular weight is 253 g/mol. The highest BCUT2D eigenvalue weighted by molar-refractivity contribution is 6.29. The Hall–Kier alpha value is -1.88. The standard InChI is InChI=1S/C11H9ClN2O3/c12-9(11(16)17)6-14-10(15)8-4-2-1-3-7(8)5-13-14/h1-5,9H,6H2,(H,16,17). The fourth-order valence-electron chi connectivity index (χ4n) is 1.49. The second-order valence-electron chi connectivity index (χ2n) is 3.52. The molecule has 2 aromatic rings. The summed E-state index contributed by atoms with van der Waals surface area (Å²) in [5, 5.41) is 12.6. The van der Waals surface area contributed by atoms with Crippen LogP contribution >= 0.6 is 11.6 Å². The molecule has 0 saturated carbocycles. The summed E-state index contributed by atoms with van der Waals surface area (Å²) in [5.41, 5.74) is -0.338. The van der Waals surface area contributed by atoms with Crippen LogP contribution in [0.15, 0.2) is 35.3 Å². The van der Waals surface area contributed by atoms with Crippen LogP contribution in [0.5, 0.6) is 0 Å². The van der Waals surface area contributed by atoms with Gasteiger partial charge in [0.15, 0.2) is 5.38 Å². The van der Waals surface area contributed by atoms with E-state index in [9.17, 15) is 9.59 Å². The predicted octanol–water partition coefficient (Wildman–Crippen LogP) is 1.09. The fraction of sp³-hybridized carbons (Fsp3) is 0.182. The third kappa shape index (κ3) is 2.29. The lowest BCUT2D eigenvalue weighted by Crippen LogP contribution is -2.30. The van der Waals surface area contributed by atoms with Gasteiger partial charge in [0.2, 0.25) is 0 Å². The van der Waals surface area contributed by atoms with Gasteiger partial charge in [-0.2, -0.15) is 5.10 Å². The molecule has 0 aliphatic carbocycles. The predicted molar refractivity (Wildman–Crippen MR) is 63.3 cm³/mol. The van der Waals surface area contributed by atoms with Gasteiger partial charge in [-0.15, -0.1) is 11.6 Å². The van der Waals surface area contributed by atoms with Gasteiger partial charge in [0.25, 0.3) is 5.56 Å². The summed E-state index contributed by atoms with van der Waals surface area (Å²) in [4.78, 5) is 22.5. The third-order valence-corrected chi connectivity index (χ3v) is 2.69. The van der Waals surface area contributed by atoms with E-state index in [1.54, 1.807) is 24.3 Å². The molecule has 0 aliphatic rings. The van der Waals surface area contributed by atoms with Crippen molar-refractivity contribution in [3.8, 4) is 0 Å². The first-order chi connectivity index (χ1) is 8.09. The molecule has 5 nitrogen and oxygen atoms in total. The largest absolute Gasteiger partial charge is 0.480 e. The first kappa shape index (κ1) is 11.6. The minimum Gasteiger partial charge on any atom is -0.480 e. The summed E-state index contributed by atoms with van der Waals surface area (Å²) in [7, 11) is 0. The van der Waals surface area contributed by atoms with E-state index in [0.29, 0.717) is 5.39 Å². The molecule has 1 aromatic carbocycles. The van der Waals surface area contributed by atoms with Crippen LogP contribution in [0.1, 0.15) is 0 Å². The van der Waals surface area contributed by atoms with Crippen molar-refractivity contribution in [2.45, 2.75) is 11.9 Å². The normalized spacial score (nSPS) is 12.5. The number of alkyl halides is 1. The molecule has 0 amide bonds. The first-order valence-corrected chi connectivity index (χ1v) is 5.35.